The number of nitrogens with one attached hydrogen (secondary N) is 2. The maximum Gasteiger partial charge on any atom is 0.434 e. The zero-order chi connectivity index (χ0) is 18.3. The minimum absolute atomic E-state index is 0. The number of alkyl halides is 3. The van der Waals surface area contributed by atoms with E-state index < -0.39 is 11.9 Å². The van der Waals surface area contributed by atoms with E-state index in [1.807, 2.05) is 6.92 Å². The molecule has 11 heteroatoms. The molecule has 2 rings (SSSR count). The molecule has 1 aromatic rings. The van der Waals surface area contributed by atoms with E-state index in [4.69, 9.17) is 4.74 Å². The number of aliphatic imine (C=N–C) groups is 1. The van der Waals surface area contributed by atoms with E-state index in [0.29, 0.717) is 30.1 Å². The Kier molecular flexibility index (Phi) is 10.1. The van der Waals surface area contributed by atoms with Crippen LogP contribution in [0.3, 0.4) is 0 Å². The number of thiazole rings is 1. The quantitative estimate of drug-likeness (QED) is 0.352. The molecule has 26 heavy (non-hydrogen) atoms. The average molecular weight is 507 g/mol. The first-order valence-corrected chi connectivity index (χ1v) is 9.13. The lowest BCUT2D eigenvalue weighted by molar-refractivity contribution is -0.140. The van der Waals surface area contributed by atoms with Crippen molar-refractivity contribution in [2.75, 3.05) is 39.4 Å². The number of morpholine rings is 1. The molecular weight excluding hydrogens is 482 g/mol. The molecule has 0 radical (unpaired) electrons. The lowest BCUT2D eigenvalue weighted by Crippen LogP contribution is -2.49. The molecule has 2 heterocycles. The molecule has 1 atom stereocenters. The van der Waals surface area contributed by atoms with Crippen LogP contribution in [0, 0.1) is 0 Å². The first kappa shape index (κ1) is 23.4. The monoisotopic (exact) mass is 507 g/mol. The van der Waals surface area contributed by atoms with Crippen LogP contribution in [0.2, 0.25) is 0 Å². The minimum atomic E-state index is -4.41. The smallest absolute Gasteiger partial charge is 0.379 e. The van der Waals surface area contributed by atoms with Gasteiger partial charge in [-0.1, -0.05) is 0 Å². The van der Waals surface area contributed by atoms with E-state index in [9.17, 15) is 13.2 Å². The minimum Gasteiger partial charge on any atom is -0.379 e. The van der Waals surface area contributed by atoms with Gasteiger partial charge in [0.1, 0.15) is 5.01 Å². The highest BCUT2D eigenvalue weighted by molar-refractivity contribution is 14.0. The van der Waals surface area contributed by atoms with E-state index in [2.05, 4.69) is 32.4 Å². The second-order valence-electron chi connectivity index (χ2n) is 5.70. The van der Waals surface area contributed by atoms with Crippen molar-refractivity contribution in [3.8, 4) is 0 Å². The van der Waals surface area contributed by atoms with Crippen LogP contribution in [-0.4, -0.2) is 61.3 Å². The fraction of sp³-hybridized carbons (Fsp3) is 0.733. The summed E-state index contributed by atoms with van der Waals surface area (Å²) in [6.45, 7) is 8.81. The van der Waals surface area contributed by atoms with E-state index in [1.54, 1.807) is 0 Å². The molecule has 0 aromatic carbocycles. The standard InChI is InChI=1S/C15H24F3N5OS.HI/c1-3-19-14(20-8-11(2)23-4-6-24-7-5-23)21-9-13-22-12(10-25-13)15(16,17)18;/h10-11H,3-9H2,1-2H3,(H2,19,20,21);1H. The van der Waals surface area contributed by atoms with Gasteiger partial charge >= 0.3 is 6.18 Å². The molecule has 1 fully saturated rings. The van der Waals surface area contributed by atoms with E-state index in [1.165, 1.54) is 0 Å². The maximum absolute atomic E-state index is 12.6. The lowest BCUT2D eigenvalue weighted by Gasteiger charge is -2.32. The number of guanidine groups is 1. The van der Waals surface area contributed by atoms with Gasteiger partial charge in [-0.3, -0.25) is 4.90 Å². The van der Waals surface area contributed by atoms with Crippen LogP contribution in [0.15, 0.2) is 10.4 Å². The molecule has 1 aliphatic heterocycles. The number of halogens is 4. The second kappa shape index (κ2) is 11.2. The van der Waals surface area contributed by atoms with Gasteiger partial charge in [-0.05, 0) is 13.8 Å². The molecule has 0 aliphatic carbocycles. The van der Waals surface area contributed by atoms with Crippen molar-refractivity contribution < 1.29 is 17.9 Å². The van der Waals surface area contributed by atoms with Gasteiger partial charge in [-0.15, -0.1) is 35.3 Å². The largest absolute Gasteiger partial charge is 0.434 e. The molecule has 6 nitrogen and oxygen atoms in total. The van der Waals surface area contributed by atoms with E-state index in [0.717, 1.165) is 43.0 Å². The highest BCUT2D eigenvalue weighted by Gasteiger charge is 2.33. The van der Waals surface area contributed by atoms with Crippen molar-refractivity contribution in [1.82, 2.24) is 20.5 Å². The molecule has 1 aliphatic rings. The van der Waals surface area contributed by atoms with Gasteiger partial charge in [-0.25, -0.2) is 9.98 Å². The lowest BCUT2D eigenvalue weighted by atomic mass is 10.2. The van der Waals surface area contributed by atoms with Gasteiger partial charge in [0.25, 0.3) is 0 Å². The summed E-state index contributed by atoms with van der Waals surface area (Å²) < 4.78 is 43.1. The zero-order valence-corrected chi connectivity index (χ0v) is 18.0. The summed E-state index contributed by atoms with van der Waals surface area (Å²) in [5.74, 6) is 0.575. The fourth-order valence-electron chi connectivity index (χ4n) is 2.39. The topological polar surface area (TPSA) is 61.8 Å². The summed E-state index contributed by atoms with van der Waals surface area (Å²) in [7, 11) is 0. The first-order valence-electron chi connectivity index (χ1n) is 8.25. The zero-order valence-electron chi connectivity index (χ0n) is 14.8. The van der Waals surface area contributed by atoms with Gasteiger partial charge in [0.2, 0.25) is 0 Å². The van der Waals surface area contributed by atoms with Crippen molar-refractivity contribution in [3.63, 3.8) is 0 Å². The number of rotatable bonds is 6. The predicted octanol–water partition coefficient (Wildman–Crippen LogP) is 2.56. The predicted molar refractivity (Wildman–Crippen MR) is 107 cm³/mol. The molecular formula is C15H25F3IN5OS. The van der Waals surface area contributed by atoms with Crippen LogP contribution < -0.4 is 10.6 Å². The molecule has 150 valence electrons. The third kappa shape index (κ3) is 7.53. The van der Waals surface area contributed by atoms with Crippen molar-refractivity contribution in [3.05, 3.63) is 16.1 Å². The van der Waals surface area contributed by atoms with Crippen molar-refractivity contribution in [2.24, 2.45) is 4.99 Å². The first-order chi connectivity index (χ1) is 11.9. The highest BCUT2D eigenvalue weighted by atomic mass is 127. The van der Waals surface area contributed by atoms with Crippen molar-refractivity contribution in [2.45, 2.75) is 32.6 Å². The summed E-state index contributed by atoms with van der Waals surface area (Å²) in [4.78, 5) is 10.2. The van der Waals surface area contributed by atoms with Crippen LogP contribution in [-0.2, 0) is 17.5 Å². The SMILES string of the molecule is CCNC(=NCc1nc(C(F)(F)F)cs1)NCC(C)N1CCOCC1.I. The fourth-order valence-corrected chi connectivity index (χ4v) is 3.12. The van der Waals surface area contributed by atoms with E-state index in [-0.39, 0.29) is 30.5 Å². The Balaban J connectivity index is 0.00000338. The molecule has 1 unspecified atom stereocenters. The molecule has 0 amide bonds. The van der Waals surface area contributed by atoms with Gasteiger partial charge < -0.3 is 15.4 Å². The Bertz CT molecular complexity index is 564. The van der Waals surface area contributed by atoms with Crippen LogP contribution in [0.25, 0.3) is 0 Å². The highest BCUT2D eigenvalue weighted by Crippen LogP contribution is 2.30. The van der Waals surface area contributed by atoms with Crippen molar-refractivity contribution in [1.29, 1.82) is 0 Å². The summed E-state index contributed by atoms with van der Waals surface area (Å²) in [5.41, 5.74) is -0.860. The Morgan fingerprint density at radius 2 is 2.08 bits per heavy atom. The Morgan fingerprint density at radius 1 is 1.38 bits per heavy atom. The maximum atomic E-state index is 12.6. The Hall–Kier alpha value is -0.660. The van der Waals surface area contributed by atoms with Crippen LogP contribution in [0.5, 0.6) is 0 Å². The van der Waals surface area contributed by atoms with Crippen LogP contribution in [0.1, 0.15) is 24.5 Å². The van der Waals surface area contributed by atoms with E-state index >= 15 is 0 Å². The number of nitrogens with zero attached hydrogens (tertiary/aromatic N) is 3. The third-order valence-corrected chi connectivity index (χ3v) is 4.63. The molecule has 1 saturated heterocycles. The second-order valence-corrected chi connectivity index (χ2v) is 6.64. The number of hydrogen-bond acceptors (Lipinski definition) is 5. The third-order valence-electron chi connectivity index (χ3n) is 3.79. The summed E-state index contributed by atoms with van der Waals surface area (Å²) in [5, 5.41) is 7.69. The van der Waals surface area contributed by atoms with Crippen LogP contribution >= 0.6 is 35.3 Å². The molecule has 0 spiro atoms. The number of ether oxygens (including phenoxy) is 1. The van der Waals surface area contributed by atoms with Gasteiger partial charge in [0.05, 0.1) is 19.8 Å². The Morgan fingerprint density at radius 3 is 2.65 bits per heavy atom. The Labute approximate surface area is 172 Å². The molecule has 0 bridgehead atoms. The molecule has 0 saturated carbocycles. The van der Waals surface area contributed by atoms with Gasteiger partial charge in [0, 0.05) is 37.6 Å². The van der Waals surface area contributed by atoms with Gasteiger partial charge in [-0.2, -0.15) is 13.2 Å². The van der Waals surface area contributed by atoms with Crippen LogP contribution in [0.4, 0.5) is 13.2 Å². The summed E-state index contributed by atoms with van der Waals surface area (Å²) in [6, 6.07) is 0.310. The van der Waals surface area contributed by atoms with Gasteiger partial charge in [0.15, 0.2) is 11.7 Å². The summed E-state index contributed by atoms with van der Waals surface area (Å²) >= 11 is 0.968. The average Bonchev–Trinajstić information content (AvgIpc) is 3.07. The number of aromatic nitrogens is 1. The summed E-state index contributed by atoms with van der Waals surface area (Å²) in [6.07, 6.45) is -4.41. The normalized spacial score (nSPS) is 17.5. The molecule has 1 aromatic heterocycles. The number of hydrogen-bond donors (Lipinski definition) is 2. The molecule has 2 N–H and O–H groups in total. The van der Waals surface area contributed by atoms with Crippen molar-refractivity contribution >= 4 is 41.3 Å².